The van der Waals surface area contributed by atoms with Crippen molar-refractivity contribution in [3.63, 3.8) is 0 Å². The summed E-state index contributed by atoms with van der Waals surface area (Å²) in [5.41, 5.74) is 0.259. The first-order valence-corrected chi connectivity index (χ1v) is 5.49. The van der Waals surface area contributed by atoms with E-state index in [-0.39, 0.29) is 5.78 Å². The zero-order chi connectivity index (χ0) is 11.9. The van der Waals surface area contributed by atoms with Crippen molar-refractivity contribution >= 4 is 28.4 Å². The molecular weight excluding hydrogens is 224 g/mol. The molecule has 0 aliphatic rings. The number of rotatable bonds is 1. The van der Waals surface area contributed by atoms with Crippen LogP contribution in [0.2, 0.25) is 5.02 Å². The van der Waals surface area contributed by atoms with E-state index in [0.717, 1.165) is 5.39 Å². The lowest BCUT2D eigenvalue weighted by atomic mass is 9.89. The molecule has 0 fully saturated rings. The van der Waals surface area contributed by atoms with E-state index in [0.29, 0.717) is 16.4 Å². The maximum absolute atomic E-state index is 12.0. The Morgan fingerprint density at radius 3 is 2.56 bits per heavy atom. The number of carbonyl (C=O) groups is 1. The first kappa shape index (κ1) is 11.2. The minimum Gasteiger partial charge on any atom is -0.453 e. The van der Waals surface area contributed by atoms with E-state index in [1.54, 1.807) is 24.3 Å². The molecule has 84 valence electrons. The van der Waals surface area contributed by atoms with Crippen LogP contribution >= 0.6 is 11.6 Å². The quantitative estimate of drug-likeness (QED) is 0.691. The Bertz CT molecular complexity index is 547. The van der Waals surface area contributed by atoms with Crippen LogP contribution in [-0.2, 0) is 0 Å². The summed E-state index contributed by atoms with van der Waals surface area (Å²) in [6.45, 7) is 5.61. The maximum atomic E-state index is 12.0. The number of halogens is 1. The standard InChI is InChI=1S/C13H13ClO2/c1-13(2,3)12(15)11-7-8-6-9(14)4-5-10(8)16-11/h4-7H,1-3H3. The molecule has 0 saturated heterocycles. The van der Waals surface area contributed by atoms with Gasteiger partial charge in [-0.15, -0.1) is 0 Å². The van der Waals surface area contributed by atoms with Gasteiger partial charge in [-0.05, 0) is 24.3 Å². The van der Waals surface area contributed by atoms with Crippen LogP contribution in [0.4, 0.5) is 0 Å². The summed E-state index contributed by atoms with van der Waals surface area (Å²) in [6.07, 6.45) is 0. The monoisotopic (exact) mass is 236 g/mol. The molecule has 0 saturated carbocycles. The smallest absolute Gasteiger partial charge is 0.203 e. The predicted octanol–water partition coefficient (Wildman–Crippen LogP) is 4.32. The third-order valence-corrected chi connectivity index (χ3v) is 2.62. The zero-order valence-electron chi connectivity index (χ0n) is 9.50. The minimum absolute atomic E-state index is 0.000164. The second kappa shape index (κ2) is 3.63. The molecule has 0 atom stereocenters. The highest BCUT2D eigenvalue weighted by atomic mass is 35.5. The first-order chi connectivity index (χ1) is 7.38. The second-order valence-corrected chi connectivity index (χ2v) is 5.31. The van der Waals surface area contributed by atoms with Gasteiger partial charge >= 0.3 is 0 Å². The van der Waals surface area contributed by atoms with Gasteiger partial charge in [-0.1, -0.05) is 32.4 Å². The lowest BCUT2D eigenvalue weighted by Crippen LogP contribution is -2.19. The van der Waals surface area contributed by atoms with Crippen LogP contribution in [0.3, 0.4) is 0 Å². The molecule has 16 heavy (non-hydrogen) atoms. The van der Waals surface area contributed by atoms with Crippen molar-refractivity contribution in [3.8, 4) is 0 Å². The fraction of sp³-hybridized carbons (Fsp3) is 0.308. The SMILES string of the molecule is CC(C)(C)C(=O)c1cc2cc(Cl)ccc2o1. The summed E-state index contributed by atoms with van der Waals surface area (Å²) in [5, 5.41) is 1.50. The maximum Gasteiger partial charge on any atom is 0.203 e. The Kier molecular flexibility index (Phi) is 2.55. The number of furan rings is 1. The molecule has 2 nitrogen and oxygen atoms in total. The van der Waals surface area contributed by atoms with Crippen molar-refractivity contribution < 1.29 is 9.21 Å². The summed E-state index contributed by atoms with van der Waals surface area (Å²) in [6, 6.07) is 7.06. The largest absolute Gasteiger partial charge is 0.453 e. The van der Waals surface area contributed by atoms with E-state index < -0.39 is 5.41 Å². The third-order valence-electron chi connectivity index (χ3n) is 2.38. The van der Waals surface area contributed by atoms with Gasteiger partial charge in [0.1, 0.15) is 5.58 Å². The molecule has 0 unspecified atom stereocenters. The molecule has 0 spiro atoms. The predicted molar refractivity (Wildman–Crippen MR) is 65.0 cm³/mol. The van der Waals surface area contributed by atoms with E-state index in [1.165, 1.54) is 0 Å². The molecule has 3 heteroatoms. The van der Waals surface area contributed by atoms with Gasteiger partial charge in [0.15, 0.2) is 5.76 Å². The van der Waals surface area contributed by atoms with E-state index in [4.69, 9.17) is 16.0 Å². The summed E-state index contributed by atoms with van der Waals surface area (Å²) in [5.74, 6) is 0.393. The van der Waals surface area contributed by atoms with Gasteiger partial charge in [0, 0.05) is 15.8 Å². The van der Waals surface area contributed by atoms with Crippen LogP contribution in [0, 0.1) is 5.41 Å². The van der Waals surface area contributed by atoms with Gasteiger partial charge in [0.2, 0.25) is 5.78 Å². The lowest BCUT2D eigenvalue weighted by molar-refractivity contribution is 0.0831. The number of carbonyl (C=O) groups excluding carboxylic acids is 1. The van der Waals surface area contributed by atoms with Gasteiger partial charge in [0.05, 0.1) is 0 Å². The van der Waals surface area contributed by atoms with Crippen molar-refractivity contribution in [2.24, 2.45) is 5.41 Å². The number of hydrogen-bond donors (Lipinski definition) is 0. The summed E-state index contributed by atoms with van der Waals surface area (Å²) in [7, 11) is 0. The Balaban J connectivity index is 2.52. The highest BCUT2D eigenvalue weighted by Gasteiger charge is 2.26. The van der Waals surface area contributed by atoms with Gasteiger partial charge in [-0.25, -0.2) is 0 Å². The highest BCUT2D eigenvalue weighted by Crippen LogP contribution is 2.27. The number of Topliss-reactive ketones (excluding diaryl/α,β-unsaturated/α-hetero) is 1. The Morgan fingerprint density at radius 1 is 1.25 bits per heavy atom. The van der Waals surface area contributed by atoms with Crippen LogP contribution in [0.25, 0.3) is 11.0 Å². The molecule has 0 aliphatic carbocycles. The molecule has 0 radical (unpaired) electrons. The topological polar surface area (TPSA) is 30.2 Å². The molecule has 0 amide bonds. The summed E-state index contributed by atoms with van der Waals surface area (Å²) >= 11 is 5.87. The highest BCUT2D eigenvalue weighted by molar-refractivity contribution is 6.31. The van der Waals surface area contributed by atoms with E-state index in [1.807, 2.05) is 20.8 Å². The Labute approximate surface area is 99.2 Å². The van der Waals surface area contributed by atoms with Crippen molar-refractivity contribution in [2.45, 2.75) is 20.8 Å². The van der Waals surface area contributed by atoms with Gasteiger partial charge in [-0.2, -0.15) is 0 Å². The van der Waals surface area contributed by atoms with Crippen LogP contribution in [-0.4, -0.2) is 5.78 Å². The van der Waals surface area contributed by atoms with Crippen molar-refractivity contribution in [3.05, 3.63) is 35.0 Å². The van der Waals surface area contributed by atoms with Crippen LogP contribution in [0.15, 0.2) is 28.7 Å². The van der Waals surface area contributed by atoms with Gasteiger partial charge in [-0.3, -0.25) is 4.79 Å². The number of hydrogen-bond acceptors (Lipinski definition) is 2. The summed E-state index contributed by atoms with van der Waals surface area (Å²) in [4.78, 5) is 12.0. The first-order valence-electron chi connectivity index (χ1n) is 5.12. The normalized spacial score (nSPS) is 12.0. The molecule has 1 aromatic carbocycles. The number of ketones is 1. The third kappa shape index (κ3) is 1.98. The fourth-order valence-corrected chi connectivity index (χ4v) is 1.68. The molecule has 0 aliphatic heterocycles. The van der Waals surface area contributed by atoms with Crippen molar-refractivity contribution in [2.75, 3.05) is 0 Å². The lowest BCUT2D eigenvalue weighted by Gasteiger charge is -2.13. The van der Waals surface area contributed by atoms with Gasteiger partial charge in [0.25, 0.3) is 0 Å². The van der Waals surface area contributed by atoms with Crippen LogP contribution < -0.4 is 0 Å². The molecular formula is C13H13ClO2. The molecule has 1 aromatic heterocycles. The van der Waals surface area contributed by atoms with Crippen molar-refractivity contribution in [1.82, 2.24) is 0 Å². The van der Waals surface area contributed by atoms with E-state index >= 15 is 0 Å². The second-order valence-electron chi connectivity index (χ2n) is 4.87. The molecule has 0 bridgehead atoms. The average molecular weight is 237 g/mol. The Hall–Kier alpha value is -1.28. The van der Waals surface area contributed by atoms with E-state index in [9.17, 15) is 4.79 Å². The molecule has 2 rings (SSSR count). The Morgan fingerprint density at radius 2 is 1.94 bits per heavy atom. The van der Waals surface area contributed by atoms with Crippen LogP contribution in [0.1, 0.15) is 31.3 Å². The van der Waals surface area contributed by atoms with E-state index in [2.05, 4.69) is 0 Å². The molecule has 0 N–H and O–H groups in total. The number of fused-ring (bicyclic) bond motifs is 1. The van der Waals surface area contributed by atoms with Crippen LogP contribution in [0.5, 0.6) is 0 Å². The van der Waals surface area contributed by atoms with Gasteiger partial charge < -0.3 is 4.42 Å². The fourth-order valence-electron chi connectivity index (χ4n) is 1.50. The average Bonchev–Trinajstić information content (AvgIpc) is 2.57. The zero-order valence-corrected chi connectivity index (χ0v) is 10.3. The minimum atomic E-state index is -0.433. The molecule has 1 heterocycles. The number of benzene rings is 1. The molecule has 2 aromatic rings. The van der Waals surface area contributed by atoms with Crippen molar-refractivity contribution in [1.29, 1.82) is 0 Å². The summed E-state index contributed by atoms with van der Waals surface area (Å²) < 4.78 is 5.50.